The second-order valence-corrected chi connectivity index (χ2v) is 7.89. The highest BCUT2D eigenvalue weighted by atomic mass is 35.5. The Morgan fingerprint density at radius 3 is 2.67 bits per heavy atom. The highest BCUT2D eigenvalue weighted by Gasteiger charge is 2.24. The summed E-state index contributed by atoms with van der Waals surface area (Å²) in [7, 11) is -3.67. The number of sulfonamides is 1. The molecule has 3 aromatic rings. The molecular weight excluding hydrogens is 392 g/mol. The first-order chi connectivity index (χ1) is 13.0. The molecule has 0 amide bonds. The van der Waals surface area contributed by atoms with Gasteiger partial charge in [-0.2, -0.15) is 9.29 Å². The Balaban J connectivity index is 1.77. The maximum Gasteiger partial charge on any atom is 0.246 e. The number of benzene rings is 1. The van der Waals surface area contributed by atoms with Crippen LogP contribution < -0.4 is 5.32 Å². The first kappa shape index (κ1) is 19.4. The Hall–Kier alpha value is -2.36. The third kappa shape index (κ3) is 4.15. The van der Waals surface area contributed by atoms with Crippen molar-refractivity contribution >= 4 is 27.3 Å². The molecule has 0 fully saturated rings. The molecule has 10 heteroatoms. The van der Waals surface area contributed by atoms with E-state index in [-0.39, 0.29) is 16.5 Å². The van der Waals surface area contributed by atoms with Gasteiger partial charge in [-0.25, -0.2) is 8.42 Å². The molecular formula is C17H19ClN4O4S. The van der Waals surface area contributed by atoms with Crippen molar-refractivity contribution in [3.63, 3.8) is 0 Å². The van der Waals surface area contributed by atoms with Gasteiger partial charge in [0, 0.05) is 18.8 Å². The zero-order chi connectivity index (χ0) is 19.4. The molecule has 27 heavy (non-hydrogen) atoms. The van der Waals surface area contributed by atoms with Gasteiger partial charge in [0.1, 0.15) is 4.90 Å². The monoisotopic (exact) mass is 410 g/mol. The summed E-state index contributed by atoms with van der Waals surface area (Å²) in [6.45, 7) is 4.52. The van der Waals surface area contributed by atoms with Crippen LogP contribution in [-0.2, 0) is 16.6 Å². The summed E-state index contributed by atoms with van der Waals surface area (Å²) in [4.78, 5) is 4.28. The molecule has 0 spiro atoms. The third-order valence-electron chi connectivity index (χ3n) is 3.91. The van der Waals surface area contributed by atoms with E-state index in [4.69, 9.17) is 20.5 Å². The first-order valence-corrected chi connectivity index (χ1v) is 10.2. The van der Waals surface area contributed by atoms with E-state index in [2.05, 4.69) is 15.5 Å². The lowest BCUT2D eigenvalue weighted by Gasteiger charge is -2.19. The quantitative estimate of drug-likeness (QED) is 0.605. The zero-order valence-corrected chi connectivity index (χ0v) is 16.4. The van der Waals surface area contributed by atoms with Crippen LogP contribution in [0.5, 0.6) is 0 Å². The van der Waals surface area contributed by atoms with Gasteiger partial charge in [-0.1, -0.05) is 30.6 Å². The molecule has 8 nitrogen and oxygen atoms in total. The summed E-state index contributed by atoms with van der Waals surface area (Å²) in [5.41, 5.74) is 0.572. The molecule has 0 radical (unpaired) electrons. The van der Waals surface area contributed by atoms with Crippen molar-refractivity contribution in [2.24, 2.45) is 0 Å². The predicted octanol–water partition coefficient (Wildman–Crippen LogP) is 3.63. The predicted molar refractivity (Wildman–Crippen MR) is 101 cm³/mol. The number of halogens is 1. The van der Waals surface area contributed by atoms with Gasteiger partial charge >= 0.3 is 0 Å². The normalized spacial score (nSPS) is 11.9. The van der Waals surface area contributed by atoms with Crippen LogP contribution in [0.2, 0.25) is 5.02 Å². The Morgan fingerprint density at radius 1 is 1.22 bits per heavy atom. The first-order valence-electron chi connectivity index (χ1n) is 8.35. The second kappa shape index (κ2) is 8.12. The van der Waals surface area contributed by atoms with Gasteiger partial charge in [0.25, 0.3) is 0 Å². The Labute approximate surface area is 162 Å². The lowest BCUT2D eigenvalue weighted by molar-refractivity contribution is 0.382. The highest BCUT2D eigenvalue weighted by Crippen LogP contribution is 2.28. The molecule has 0 atom stereocenters. The maximum absolute atomic E-state index is 12.7. The summed E-state index contributed by atoms with van der Waals surface area (Å²) in [5, 5.41) is 7.08. The minimum Gasteiger partial charge on any atom is -0.461 e. The molecule has 0 aliphatic heterocycles. The number of aromatic nitrogens is 2. The van der Waals surface area contributed by atoms with E-state index in [0.717, 1.165) is 0 Å². The lowest BCUT2D eigenvalue weighted by atomic mass is 10.3. The largest absolute Gasteiger partial charge is 0.461 e. The van der Waals surface area contributed by atoms with Crippen LogP contribution in [0.25, 0.3) is 11.6 Å². The smallest absolute Gasteiger partial charge is 0.246 e. The van der Waals surface area contributed by atoms with Crippen molar-refractivity contribution in [1.82, 2.24) is 14.4 Å². The van der Waals surface area contributed by atoms with E-state index < -0.39 is 10.0 Å². The van der Waals surface area contributed by atoms with Crippen LogP contribution in [0.3, 0.4) is 0 Å². The molecule has 1 aromatic carbocycles. The number of nitrogens with zero attached hydrogens (tertiary/aromatic N) is 3. The van der Waals surface area contributed by atoms with Crippen LogP contribution in [0, 0.1) is 0 Å². The Kier molecular flexibility index (Phi) is 5.83. The van der Waals surface area contributed by atoms with Crippen LogP contribution in [0.4, 0.5) is 5.69 Å². The van der Waals surface area contributed by atoms with Gasteiger partial charge in [0.2, 0.25) is 21.7 Å². The Morgan fingerprint density at radius 2 is 2.00 bits per heavy atom. The van der Waals surface area contributed by atoms with Crippen LogP contribution >= 0.6 is 11.6 Å². The summed E-state index contributed by atoms with van der Waals surface area (Å²) in [6, 6.07) is 8.19. The van der Waals surface area contributed by atoms with Crippen molar-refractivity contribution in [2.45, 2.75) is 25.3 Å². The maximum atomic E-state index is 12.7. The molecule has 0 bridgehead atoms. The van der Waals surface area contributed by atoms with E-state index in [1.807, 2.05) is 0 Å². The molecule has 0 saturated carbocycles. The van der Waals surface area contributed by atoms with Gasteiger partial charge in [-0.3, -0.25) is 0 Å². The number of hydrogen-bond donors (Lipinski definition) is 1. The van der Waals surface area contributed by atoms with Gasteiger partial charge in [0.15, 0.2) is 5.76 Å². The third-order valence-corrected chi connectivity index (χ3v) is 6.44. The van der Waals surface area contributed by atoms with Crippen molar-refractivity contribution in [1.29, 1.82) is 0 Å². The SMILES string of the molecule is CCN(CC)S(=O)(=O)c1cc(NCc2nc(-c3ccco3)no2)ccc1Cl. The van der Waals surface area contributed by atoms with E-state index in [0.29, 0.717) is 36.3 Å². The molecule has 2 aromatic heterocycles. The minimum absolute atomic E-state index is 0.0553. The fourth-order valence-corrected chi connectivity index (χ4v) is 4.48. The summed E-state index contributed by atoms with van der Waals surface area (Å²) in [5.74, 6) is 1.19. The van der Waals surface area contributed by atoms with Crippen molar-refractivity contribution in [3.05, 3.63) is 47.5 Å². The lowest BCUT2D eigenvalue weighted by Crippen LogP contribution is -2.30. The minimum atomic E-state index is -3.67. The van der Waals surface area contributed by atoms with Crippen LogP contribution in [-0.4, -0.2) is 36.0 Å². The molecule has 0 saturated heterocycles. The zero-order valence-electron chi connectivity index (χ0n) is 14.8. The fraction of sp³-hybridized carbons (Fsp3) is 0.294. The average molecular weight is 411 g/mol. The van der Waals surface area contributed by atoms with Crippen molar-refractivity contribution in [3.8, 4) is 11.6 Å². The number of rotatable bonds is 8. The van der Waals surface area contributed by atoms with Crippen molar-refractivity contribution in [2.75, 3.05) is 18.4 Å². The van der Waals surface area contributed by atoms with E-state index >= 15 is 0 Å². The van der Waals surface area contributed by atoms with Gasteiger partial charge in [0.05, 0.1) is 17.8 Å². The fourth-order valence-electron chi connectivity index (χ4n) is 2.52. The van der Waals surface area contributed by atoms with E-state index in [9.17, 15) is 8.42 Å². The average Bonchev–Trinajstić information content (AvgIpc) is 3.33. The summed E-state index contributed by atoms with van der Waals surface area (Å²) < 4.78 is 37.2. The number of anilines is 1. The molecule has 2 heterocycles. The molecule has 3 rings (SSSR count). The van der Waals surface area contributed by atoms with Crippen LogP contribution in [0.15, 0.2) is 50.4 Å². The topological polar surface area (TPSA) is 101 Å². The molecule has 1 N–H and O–H groups in total. The van der Waals surface area contributed by atoms with E-state index in [1.54, 1.807) is 38.1 Å². The second-order valence-electron chi connectivity index (χ2n) is 5.58. The molecule has 144 valence electrons. The van der Waals surface area contributed by atoms with Gasteiger partial charge < -0.3 is 14.3 Å². The number of furan rings is 1. The van der Waals surface area contributed by atoms with Crippen molar-refractivity contribution < 1.29 is 17.4 Å². The number of nitrogens with one attached hydrogen (secondary N) is 1. The van der Waals surface area contributed by atoms with Gasteiger partial charge in [-0.05, 0) is 30.3 Å². The Bertz CT molecular complexity index is 998. The summed E-state index contributed by atoms with van der Waals surface area (Å²) >= 11 is 6.13. The van der Waals surface area contributed by atoms with Gasteiger partial charge in [-0.15, -0.1) is 0 Å². The van der Waals surface area contributed by atoms with E-state index in [1.165, 1.54) is 16.6 Å². The molecule has 0 aliphatic carbocycles. The number of hydrogen-bond acceptors (Lipinski definition) is 7. The molecule has 0 aliphatic rings. The standard InChI is InChI=1S/C17H19ClN4O4S/c1-3-22(4-2)27(23,24)15-10-12(7-8-13(15)18)19-11-16-20-17(21-26-16)14-6-5-9-25-14/h5-10,19H,3-4,11H2,1-2H3. The van der Waals surface area contributed by atoms with Crippen LogP contribution in [0.1, 0.15) is 19.7 Å². The summed E-state index contributed by atoms with van der Waals surface area (Å²) in [6.07, 6.45) is 1.52. The molecule has 0 unspecified atom stereocenters. The highest BCUT2D eigenvalue weighted by molar-refractivity contribution is 7.89.